The third-order valence-electron chi connectivity index (χ3n) is 7.55. The number of aromatic amines is 1. The SMILES string of the molecule is CF.COc1ccccc1C(=O)NCc1ccc(-c2nn(C3CC4CC(C3)N4)c(N)c2C(N)=O)c2cc[nH]c12. The maximum atomic E-state index is 12.8. The summed E-state index contributed by atoms with van der Waals surface area (Å²) in [6.45, 7) is 0.297. The number of carbonyl (C=O) groups is 2. The summed E-state index contributed by atoms with van der Waals surface area (Å²) < 4.78 is 16.6. The van der Waals surface area contributed by atoms with Gasteiger partial charge in [-0.05, 0) is 43.0 Å². The molecule has 3 aliphatic rings. The van der Waals surface area contributed by atoms with Crippen LogP contribution < -0.4 is 26.8 Å². The molecule has 2 bridgehead atoms. The number of para-hydroxylation sites is 1. The number of hydrogen-bond acceptors (Lipinski definition) is 6. The normalized spacial score (nSPS) is 19.5. The highest BCUT2D eigenvalue weighted by molar-refractivity contribution is 6.07. The van der Waals surface area contributed by atoms with Gasteiger partial charge in [-0.3, -0.25) is 14.0 Å². The number of benzene rings is 2. The number of carbonyl (C=O) groups excluding carboxylic acids is 2. The third-order valence-corrected chi connectivity index (χ3v) is 7.55. The quantitative estimate of drug-likeness (QED) is 0.246. The van der Waals surface area contributed by atoms with Gasteiger partial charge in [-0.15, -0.1) is 0 Å². The van der Waals surface area contributed by atoms with Gasteiger partial charge in [0.2, 0.25) is 0 Å². The molecule has 39 heavy (non-hydrogen) atoms. The molecule has 2 aromatic heterocycles. The number of hydrogen-bond donors (Lipinski definition) is 5. The van der Waals surface area contributed by atoms with E-state index >= 15 is 0 Å². The number of nitrogens with zero attached hydrogens (tertiary/aromatic N) is 2. The number of fused-ring (bicyclic) bond motifs is 3. The summed E-state index contributed by atoms with van der Waals surface area (Å²) in [6.07, 6.45) is 4.84. The number of aromatic nitrogens is 3. The average Bonchev–Trinajstić information content (AvgIpc) is 3.57. The Morgan fingerprint density at radius 3 is 2.54 bits per heavy atom. The molecule has 3 fully saturated rings. The summed E-state index contributed by atoms with van der Waals surface area (Å²) in [5.74, 6) is -0.0114. The standard InChI is InChI=1S/C27H29N7O3.CH3F/c1-37-21-5-3-2-4-20(21)27(36)31-13-14-6-7-18(19-8-9-30-23(14)19)24-22(26(29)35)25(28)34(33-24)17-11-15-10-16(12-17)32-15;1-2/h2-9,15-17,30,32H,10-13,28H2,1H3,(H2,29,35)(H,31,36);1H3. The Morgan fingerprint density at radius 1 is 1.13 bits per heavy atom. The zero-order valence-electron chi connectivity index (χ0n) is 21.8. The van der Waals surface area contributed by atoms with Gasteiger partial charge in [-0.2, -0.15) is 5.10 Å². The van der Waals surface area contributed by atoms with E-state index < -0.39 is 5.91 Å². The minimum absolute atomic E-state index is 0.128. The lowest BCUT2D eigenvalue weighted by molar-refractivity contribution is 0.0946. The molecule has 4 heterocycles. The van der Waals surface area contributed by atoms with Crippen molar-refractivity contribution in [2.24, 2.45) is 5.73 Å². The van der Waals surface area contributed by atoms with Crippen LogP contribution in [0.25, 0.3) is 22.2 Å². The Morgan fingerprint density at radius 2 is 1.85 bits per heavy atom. The Labute approximate surface area is 224 Å². The van der Waals surface area contributed by atoms with Gasteiger partial charge in [0.05, 0.1) is 31.4 Å². The van der Waals surface area contributed by atoms with Crippen LogP contribution in [0.5, 0.6) is 5.75 Å². The number of amides is 2. The number of alkyl halides is 1. The molecule has 4 aromatic rings. The molecule has 7 rings (SSSR count). The van der Waals surface area contributed by atoms with Gasteiger partial charge in [-0.25, -0.2) is 4.68 Å². The average molecular weight is 534 g/mol. The molecule has 0 spiro atoms. The summed E-state index contributed by atoms with van der Waals surface area (Å²) in [4.78, 5) is 28.6. The second kappa shape index (κ2) is 10.8. The molecule has 1 saturated carbocycles. The van der Waals surface area contributed by atoms with Crippen molar-refractivity contribution < 1.29 is 18.7 Å². The first kappa shape index (κ1) is 26.2. The molecule has 2 aromatic carbocycles. The van der Waals surface area contributed by atoms with Crippen LogP contribution in [-0.4, -0.2) is 52.9 Å². The number of nitrogens with one attached hydrogen (secondary N) is 3. The minimum atomic E-state index is -0.602. The van der Waals surface area contributed by atoms with Crippen molar-refractivity contribution in [1.82, 2.24) is 25.4 Å². The number of rotatable bonds is 7. The van der Waals surface area contributed by atoms with Crippen LogP contribution >= 0.6 is 0 Å². The molecule has 11 heteroatoms. The summed E-state index contributed by atoms with van der Waals surface area (Å²) in [6, 6.07) is 13.9. The number of primary amides is 1. The van der Waals surface area contributed by atoms with E-state index in [1.54, 1.807) is 22.9 Å². The number of anilines is 1. The third kappa shape index (κ3) is 4.69. The Kier molecular flexibility index (Phi) is 7.25. The molecule has 7 N–H and O–H groups in total. The smallest absolute Gasteiger partial charge is 0.255 e. The van der Waals surface area contributed by atoms with E-state index in [-0.39, 0.29) is 17.5 Å². The topological polar surface area (TPSA) is 153 Å². The maximum Gasteiger partial charge on any atom is 0.255 e. The Bertz CT molecular complexity index is 1510. The maximum absolute atomic E-state index is 12.8. The summed E-state index contributed by atoms with van der Waals surface area (Å²) in [5, 5.41) is 12.2. The van der Waals surface area contributed by atoms with Crippen molar-refractivity contribution in [2.75, 3.05) is 20.0 Å². The molecular formula is C28H32FN7O3. The van der Waals surface area contributed by atoms with Crippen LogP contribution in [-0.2, 0) is 6.54 Å². The molecule has 10 nitrogen and oxygen atoms in total. The van der Waals surface area contributed by atoms with Crippen LogP contribution in [0.1, 0.15) is 51.6 Å². The van der Waals surface area contributed by atoms with Crippen molar-refractivity contribution in [3.8, 4) is 17.0 Å². The highest BCUT2D eigenvalue weighted by Gasteiger charge is 2.40. The lowest BCUT2D eigenvalue weighted by Gasteiger charge is -2.46. The van der Waals surface area contributed by atoms with Gasteiger partial charge in [0.25, 0.3) is 11.8 Å². The zero-order chi connectivity index (χ0) is 27.7. The molecule has 0 radical (unpaired) electrons. The Hall–Kier alpha value is -4.38. The first-order chi connectivity index (χ1) is 18.9. The fourth-order valence-electron chi connectivity index (χ4n) is 5.76. The summed E-state index contributed by atoms with van der Waals surface area (Å²) in [7, 11) is 2.04. The highest BCUT2D eigenvalue weighted by Crippen LogP contribution is 2.40. The van der Waals surface area contributed by atoms with Crippen molar-refractivity contribution >= 4 is 28.5 Å². The van der Waals surface area contributed by atoms with E-state index in [9.17, 15) is 14.0 Å². The van der Waals surface area contributed by atoms with E-state index in [0.29, 0.717) is 48.6 Å². The summed E-state index contributed by atoms with van der Waals surface area (Å²) in [5.41, 5.74) is 15.9. The number of nitrogens with two attached hydrogens (primary N) is 2. The number of ether oxygens (including phenoxy) is 1. The first-order valence-electron chi connectivity index (χ1n) is 12.8. The van der Waals surface area contributed by atoms with Gasteiger partial charge < -0.3 is 31.8 Å². The van der Waals surface area contributed by atoms with E-state index in [4.69, 9.17) is 21.3 Å². The van der Waals surface area contributed by atoms with E-state index in [2.05, 4.69) is 15.6 Å². The zero-order valence-corrected chi connectivity index (χ0v) is 21.8. The van der Waals surface area contributed by atoms with Gasteiger partial charge in [0.1, 0.15) is 22.8 Å². The van der Waals surface area contributed by atoms with Crippen LogP contribution in [0.2, 0.25) is 0 Å². The lowest BCUT2D eigenvalue weighted by Crippen LogP contribution is -2.58. The second-order valence-corrected chi connectivity index (χ2v) is 9.76. The molecule has 2 atom stereocenters. The van der Waals surface area contributed by atoms with Gasteiger partial charge in [-0.1, -0.05) is 24.3 Å². The first-order valence-corrected chi connectivity index (χ1v) is 12.8. The fraction of sp³-hybridized carbons (Fsp3) is 0.321. The largest absolute Gasteiger partial charge is 0.496 e. The molecule has 204 valence electrons. The van der Waals surface area contributed by atoms with Gasteiger partial charge in [0, 0.05) is 35.8 Å². The predicted molar refractivity (Wildman–Crippen MR) is 147 cm³/mol. The molecule has 2 amide bonds. The number of piperidine rings is 1. The highest BCUT2D eigenvalue weighted by atomic mass is 19.1. The van der Waals surface area contributed by atoms with E-state index in [1.807, 2.05) is 30.5 Å². The van der Waals surface area contributed by atoms with Gasteiger partial charge in [0.15, 0.2) is 0 Å². The van der Waals surface area contributed by atoms with Gasteiger partial charge >= 0.3 is 0 Å². The number of methoxy groups -OCH3 is 1. The molecular weight excluding hydrogens is 501 g/mol. The lowest BCUT2D eigenvalue weighted by atomic mass is 9.79. The number of H-pyrrole nitrogens is 1. The number of nitrogen functional groups attached to an aromatic ring is 1. The molecule has 2 aliphatic heterocycles. The van der Waals surface area contributed by atoms with Crippen molar-refractivity contribution in [3.63, 3.8) is 0 Å². The van der Waals surface area contributed by atoms with E-state index in [0.717, 1.165) is 34.9 Å². The van der Waals surface area contributed by atoms with Crippen LogP contribution in [0.4, 0.5) is 10.2 Å². The Balaban J connectivity index is 0.00000151. The van der Waals surface area contributed by atoms with Crippen molar-refractivity contribution in [3.05, 3.63) is 65.4 Å². The van der Waals surface area contributed by atoms with Crippen LogP contribution in [0, 0.1) is 0 Å². The van der Waals surface area contributed by atoms with Crippen LogP contribution in [0.15, 0.2) is 48.7 Å². The second-order valence-electron chi connectivity index (χ2n) is 9.76. The predicted octanol–water partition coefficient (Wildman–Crippen LogP) is 3.30. The molecule has 1 aliphatic carbocycles. The monoisotopic (exact) mass is 533 g/mol. The molecule has 2 unspecified atom stereocenters. The van der Waals surface area contributed by atoms with E-state index in [1.165, 1.54) is 13.5 Å². The minimum Gasteiger partial charge on any atom is -0.496 e. The van der Waals surface area contributed by atoms with Crippen molar-refractivity contribution in [2.45, 2.75) is 43.9 Å². The van der Waals surface area contributed by atoms with Crippen LogP contribution in [0.3, 0.4) is 0 Å². The van der Waals surface area contributed by atoms with Crippen molar-refractivity contribution in [1.29, 1.82) is 0 Å². The summed E-state index contributed by atoms with van der Waals surface area (Å²) >= 11 is 0. The molecule has 2 saturated heterocycles. The fourth-order valence-corrected chi connectivity index (χ4v) is 5.76. The number of halogens is 1.